The van der Waals surface area contributed by atoms with Gasteiger partial charge in [0.15, 0.2) is 0 Å². The third kappa shape index (κ3) is 2.86. The van der Waals surface area contributed by atoms with Crippen molar-refractivity contribution in [1.29, 1.82) is 0 Å². The van der Waals surface area contributed by atoms with Crippen molar-refractivity contribution in [3.63, 3.8) is 0 Å². The fourth-order valence-corrected chi connectivity index (χ4v) is 3.82. The molecular formula is C17H26N2O2. The number of piperazine rings is 1. The molecule has 3 atom stereocenters. The standard InChI is InChI=1S/C17H26N2O2/c1-2-14(12-20)18-7-9-19(10-8-18)16-11-13-5-3-4-6-15(13)17(16)21/h3-6,14,16-17,20-21H,2,7-12H2,1H3/t14-,16+,17-/m1/s1. The maximum absolute atomic E-state index is 10.6. The zero-order chi connectivity index (χ0) is 14.8. The van der Waals surface area contributed by atoms with Crippen molar-refractivity contribution in [3.8, 4) is 0 Å². The quantitative estimate of drug-likeness (QED) is 0.869. The summed E-state index contributed by atoms with van der Waals surface area (Å²) in [5.74, 6) is 0. The van der Waals surface area contributed by atoms with Gasteiger partial charge < -0.3 is 10.2 Å². The van der Waals surface area contributed by atoms with Crippen molar-refractivity contribution in [2.75, 3.05) is 32.8 Å². The molecule has 3 rings (SSSR count). The summed E-state index contributed by atoms with van der Waals surface area (Å²) < 4.78 is 0. The molecule has 4 heteroatoms. The van der Waals surface area contributed by atoms with Gasteiger partial charge in [0, 0.05) is 38.3 Å². The second kappa shape index (κ2) is 6.44. The van der Waals surface area contributed by atoms with E-state index in [1.807, 2.05) is 6.07 Å². The van der Waals surface area contributed by atoms with Crippen LogP contribution in [0.3, 0.4) is 0 Å². The topological polar surface area (TPSA) is 46.9 Å². The maximum atomic E-state index is 10.6. The predicted molar refractivity (Wildman–Crippen MR) is 83.2 cm³/mol. The third-order valence-electron chi connectivity index (χ3n) is 5.18. The molecule has 116 valence electrons. The maximum Gasteiger partial charge on any atom is 0.0951 e. The van der Waals surface area contributed by atoms with E-state index in [0.29, 0.717) is 0 Å². The van der Waals surface area contributed by atoms with Crippen LogP contribution >= 0.6 is 0 Å². The number of hydrogen-bond donors (Lipinski definition) is 2. The zero-order valence-electron chi connectivity index (χ0n) is 12.8. The van der Waals surface area contributed by atoms with Gasteiger partial charge in [-0.25, -0.2) is 0 Å². The zero-order valence-corrected chi connectivity index (χ0v) is 12.8. The van der Waals surface area contributed by atoms with Gasteiger partial charge >= 0.3 is 0 Å². The average Bonchev–Trinajstić information content (AvgIpc) is 2.87. The van der Waals surface area contributed by atoms with Gasteiger partial charge in [0.1, 0.15) is 0 Å². The Bertz CT molecular complexity index is 468. The molecule has 21 heavy (non-hydrogen) atoms. The molecule has 0 saturated carbocycles. The van der Waals surface area contributed by atoms with Gasteiger partial charge in [-0.1, -0.05) is 31.2 Å². The van der Waals surface area contributed by atoms with Crippen LogP contribution in [0.1, 0.15) is 30.6 Å². The van der Waals surface area contributed by atoms with E-state index in [0.717, 1.165) is 44.6 Å². The van der Waals surface area contributed by atoms with Gasteiger partial charge in [0.2, 0.25) is 0 Å². The van der Waals surface area contributed by atoms with Gasteiger partial charge in [0.05, 0.1) is 12.7 Å². The smallest absolute Gasteiger partial charge is 0.0951 e. The Morgan fingerprint density at radius 2 is 1.90 bits per heavy atom. The lowest BCUT2D eigenvalue weighted by Crippen LogP contribution is -2.54. The SMILES string of the molecule is CC[C@H](CO)N1CCN([C@H]2Cc3ccccc3[C@H]2O)CC1. The minimum Gasteiger partial charge on any atom is -0.395 e. The summed E-state index contributed by atoms with van der Waals surface area (Å²) >= 11 is 0. The number of nitrogens with zero attached hydrogens (tertiary/aromatic N) is 2. The molecule has 0 radical (unpaired) electrons. The molecule has 1 aliphatic carbocycles. The van der Waals surface area contributed by atoms with Crippen molar-refractivity contribution >= 4 is 0 Å². The highest BCUT2D eigenvalue weighted by Crippen LogP contribution is 2.34. The van der Waals surface area contributed by atoms with Crippen LogP contribution in [0.5, 0.6) is 0 Å². The van der Waals surface area contributed by atoms with Gasteiger partial charge in [-0.3, -0.25) is 9.80 Å². The molecule has 1 heterocycles. The highest BCUT2D eigenvalue weighted by Gasteiger charge is 2.36. The molecular weight excluding hydrogens is 264 g/mol. The number of aliphatic hydroxyl groups is 2. The van der Waals surface area contributed by atoms with Gasteiger partial charge in [0.25, 0.3) is 0 Å². The van der Waals surface area contributed by atoms with Gasteiger partial charge in [-0.15, -0.1) is 0 Å². The Hall–Kier alpha value is -0.940. The van der Waals surface area contributed by atoms with Crippen molar-refractivity contribution in [3.05, 3.63) is 35.4 Å². The molecule has 1 aliphatic heterocycles. The lowest BCUT2D eigenvalue weighted by Gasteiger charge is -2.41. The molecule has 0 spiro atoms. The van der Waals surface area contributed by atoms with Gasteiger partial charge in [-0.05, 0) is 24.0 Å². The molecule has 0 unspecified atom stereocenters. The lowest BCUT2D eigenvalue weighted by molar-refractivity contribution is 0.00755. The minimum atomic E-state index is -0.354. The van der Waals surface area contributed by atoms with Crippen molar-refractivity contribution in [2.24, 2.45) is 0 Å². The molecule has 4 nitrogen and oxygen atoms in total. The van der Waals surface area contributed by atoms with E-state index in [-0.39, 0.29) is 24.8 Å². The second-order valence-corrected chi connectivity index (χ2v) is 6.23. The first-order valence-corrected chi connectivity index (χ1v) is 8.09. The minimum absolute atomic E-state index is 0.221. The predicted octanol–water partition coefficient (Wildman–Crippen LogP) is 1.03. The van der Waals surface area contributed by atoms with Crippen LogP contribution in [-0.2, 0) is 6.42 Å². The number of fused-ring (bicyclic) bond motifs is 1. The van der Waals surface area contributed by atoms with E-state index in [2.05, 4.69) is 34.9 Å². The molecule has 0 aromatic heterocycles. The van der Waals surface area contributed by atoms with E-state index in [1.54, 1.807) is 0 Å². The molecule has 0 amide bonds. The van der Waals surface area contributed by atoms with E-state index in [9.17, 15) is 10.2 Å². The van der Waals surface area contributed by atoms with Crippen molar-refractivity contribution in [1.82, 2.24) is 9.80 Å². The largest absolute Gasteiger partial charge is 0.395 e. The first-order valence-electron chi connectivity index (χ1n) is 8.09. The van der Waals surface area contributed by atoms with Crippen LogP contribution in [0.4, 0.5) is 0 Å². The Morgan fingerprint density at radius 3 is 2.52 bits per heavy atom. The van der Waals surface area contributed by atoms with Crippen LogP contribution in [0.25, 0.3) is 0 Å². The molecule has 2 aliphatic rings. The highest BCUT2D eigenvalue weighted by atomic mass is 16.3. The van der Waals surface area contributed by atoms with Crippen LogP contribution in [-0.4, -0.2) is 64.9 Å². The summed E-state index contributed by atoms with van der Waals surface area (Å²) in [6.07, 6.45) is 1.59. The van der Waals surface area contributed by atoms with E-state index >= 15 is 0 Å². The Balaban J connectivity index is 1.61. The van der Waals surface area contributed by atoms with Crippen LogP contribution in [0.2, 0.25) is 0 Å². The number of rotatable bonds is 4. The third-order valence-corrected chi connectivity index (χ3v) is 5.18. The summed E-state index contributed by atoms with van der Waals surface area (Å²) in [5, 5.41) is 20.0. The van der Waals surface area contributed by atoms with Crippen LogP contribution < -0.4 is 0 Å². The van der Waals surface area contributed by atoms with Crippen molar-refractivity contribution in [2.45, 2.75) is 38.0 Å². The van der Waals surface area contributed by atoms with Crippen molar-refractivity contribution < 1.29 is 10.2 Å². The van der Waals surface area contributed by atoms with E-state index < -0.39 is 0 Å². The molecule has 0 bridgehead atoms. The van der Waals surface area contributed by atoms with E-state index in [4.69, 9.17) is 0 Å². The Kier molecular flexibility index (Phi) is 4.60. The fraction of sp³-hybridized carbons (Fsp3) is 0.647. The monoisotopic (exact) mass is 290 g/mol. The fourth-order valence-electron chi connectivity index (χ4n) is 3.82. The summed E-state index contributed by atoms with van der Waals surface area (Å²) in [5.41, 5.74) is 2.39. The first-order chi connectivity index (χ1) is 10.2. The normalized spacial score (nSPS) is 28.5. The molecule has 1 aromatic rings. The summed E-state index contributed by atoms with van der Waals surface area (Å²) in [6, 6.07) is 8.76. The van der Waals surface area contributed by atoms with E-state index in [1.165, 1.54) is 5.56 Å². The Morgan fingerprint density at radius 1 is 1.19 bits per heavy atom. The molecule has 1 fully saturated rings. The summed E-state index contributed by atoms with van der Waals surface area (Å²) in [7, 11) is 0. The Labute approximate surface area is 127 Å². The average molecular weight is 290 g/mol. The second-order valence-electron chi connectivity index (χ2n) is 6.23. The van der Waals surface area contributed by atoms with Crippen LogP contribution in [0, 0.1) is 0 Å². The molecule has 1 aromatic carbocycles. The van der Waals surface area contributed by atoms with Gasteiger partial charge in [-0.2, -0.15) is 0 Å². The van der Waals surface area contributed by atoms with Crippen LogP contribution in [0.15, 0.2) is 24.3 Å². The lowest BCUT2D eigenvalue weighted by atomic mass is 10.1. The number of aliphatic hydroxyl groups excluding tert-OH is 2. The molecule has 1 saturated heterocycles. The number of benzene rings is 1. The highest BCUT2D eigenvalue weighted by molar-refractivity contribution is 5.35. The summed E-state index contributed by atoms with van der Waals surface area (Å²) in [6.45, 7) is 6.30. The molecule has 2 N–H and O–H groups in total. The number of hydrogen-bond acceptors (Lipinski definition) is 4. The first kappa shape index (κ1) is 15.0. The summed E-state index contributed by atoms with van der Waals surface area (Å²) in [4.78, 5) is 4.80.